The standard InChI is InChI=1S/C17H16N2O4/c20-16(21)13-8-11(10-1-4-18-5-2-10)7-12(9-13)14-3-6-19-15(14)17(22)23/h1-2,4-5,7-9,14-15,19H,3,6H2,(H,20,21)(H,22,23)/t14-,15+/m1/s1. The van der Waals surface area contributed by atoms with E-state index in [-0.39, 0.29) is 11.5 Å². The van der Waals surface area contributed by atoms with E-state index in [0.29, 0.717) is 13.0 Å². The highest BCUT2D eigenvalue weighted by atomic mass is 16.4. The van der Waals surface area contributed by atoms with Crippen LogP contribution in [0.1, 0.15) is 28.3 Å². The number of carbonyl (C=O) groups is 2. The lowest BCUT2D eigenvalue weighted by Crippen LogP contribution is -2.34. The summed E-state index contributed by atoms with van der Waals surface area (Å²) in [5.41, 5.74) is 2.49. The Kier molecular flexibility index (Phi) is 4.08. The number of nitrogens with one attached hydrogen (secondary N) is 1. The lowest BCUT2D eigenvalue weighted by atomic mass is 9.88. The third-order valence-corrected chi connectivity index (χ3v) is 4.13. The summed E-state index contributed by atoms with van der Waals surface area (Å²) in [6.07, 6.45) is 3.94. The highest BCUT2D eigenvalue weighted by Gasteiger charge is 2.34. The van der Waals surface area contributed by atoms with Gasteiger partial charge in [0.2, 0.25) is 0 Å². The maximum atomic E-state index is 11.4. The predicted molar refractivity (Wildman–Crippen MR) is 83.4 cm³/mol. The fraction of sp³-hybridized carbons (Fsp3) is 0.235. The number of aromatic nitrogens is 1. The second-order valence-corrected chi connectivity index (χ2v) is 5.55. The molecule has 1 saturated heterocycles. The number of carboxylic acids is 2. The molecule has 1 aromatic carbocycles. The quantitative estimate of drug-likeness (QED) is 0.798. The van der Waals surface area contributed by atoms with Crippen molar-refractivity contribution in [1.82, 2.24) is 10.3 Å². The molecule has 1 aliphatic heterocycles. The molecule has 2 heterocycles. The molecule has 6 nitrogen and oxygen atoms in total. The van der Waals surface area contributed by atoms with Crippen LogP contribution in [-0.4, -0.2) is 39.7 Å². The molecule has 23 heavy (non-hydrogen) atoms. The van der Waals surface area contributed by atoms with Crippen LogP contribution in [0.5, 0.6) is 0 Å². The SMILES string of the molecule is O=C(O)c1cc(-c2ccncc2)cc([C@H]2CCN[C@@H]2C(=O)O)c1. The van der Waals surface area contributed by atoms with E-state index in [4.69, 9.17) is 0 Å². The molecule has 118 valence electrons. The lowest BCUT2D eigenvalue weighted by molar-refractivity contribution is -0.139. The van der Waals surface area contributed by atoms with Gasteiger partial charge in [-0.2, -0.15) is 0 Å². The molecule has 0 amide bonds. The third-order valence-electron chi connectivity index (χ3n) is 4.13. The Morgan fingerprint density at radius 2 is 1.83 bits per heavy atom. The molecule has 2 atom stereocenters. The molecule has 2 aromatic rings. The summed E-state index contributed by atoms with van der Waals surface area (Å²) in [4.78, 5) is 26.8. The largest absolute Gasteiger partial charge is 0.480 e. The van der Waals surface area contributed by atoms with Gasteiger partial charge < -0.3 is 15.5 Å². The molecule has 1 aromatic heterocycles. The van der Waals surface area contributed by atoms with Crippen LogP contribution >= 0.6 is 0 Å². The summed E-state index contributed by atoms with van der Waals surface area (Å²) in [6, 6.07) is 7.94. The van der Waals surface area contributed by atoms with Crippen molar-refractivity contribution in [3.05, 3.63) is 53.9 Å². The molecule has 3 rings (SSSR count). The molecule has 0 bridgehead atoms. The molecule has 0 spiro atoms. The van der Waals surface area contributed by atoms with E-state index in [1.54, 1.807) is 36.7 Å². The van der Waals surface area contributed by atoms with Gasteiger partial charge in [0.25, 0.3) is 0 Å². The highest BCUT2D eigenvalue weighted by molar-refractivity contribution is 5.90. The van der Waals surface area contributed by atoms with Crippen LogP contribution in [0.4, 0.5) is 0 Å². The summed E-state index contributed by atoms with van der Waals surface area (Å²) >= 11 is 0. The monoisotopic (exact) mass is 312 g/mol. The van der Waals surface area contributed by atoms with Gasteiger partial charge >= 0.3 is 11.9 Å². The number of nitrogens with zero attached hydrogens (tertiary/aromatic N) is 1. The van der Waals surface area contributed by atoms with Crippen molar-refractivity contribution in [2.24, 2.45) is 0 Å². The van der Waals surface area contributed by atoms with Gasteiger partial charge in [-0.25, -0.2) is 4.79 Å². The van der Waals surface area contributed by atoms with Gasteiger partial charge in [0.1, 0.15) is 6.04 Å². The summed E-state index contributed by atoms with van der Waals surface area (Å²) in [5.74, 6) is -2.19. The van der Waals surface area contributed by atoms with Crippen LogP contribution in [0.25, 0.3) is 11.1 Å². The number of pyridine rings is 1. The summed E-state index contributed by atoms with van der Waals surface area (Å²) in [7, 11) is 0. The van der Waals surface area contributed by atoms with Crippen LogP contribution in [-0.2, 0) is 4.79 Å². The number of hydrogen-bond donors (Lipinski definition) is 3. The van der Waals surface area contributed by atoms with Gasteiger partial charge in [-0.05, 0) is 53.9 Å². The molecular weight excluding hydrogens is 296 g/mol. The Morgan fingerprint density at radius 3 is 2.48 bits per heavy atom. The smallest absolute Gasteiger partial charge is 0.335 e. The van der Waals surface area contributed by atoms with E-state index >= 15 is 0 Å². The van der Waals surface area contributed by atoms with Crippen LogP contribution < -0.4 is 5.32 Å². The molecule has 0 saturated carbocycles. The fourth-order valence-corrected chi connectivity index (χ4v) is 3.02. The van der Waals surface area contributed by atoms with Crippen molar-refractivity contribution in [3.63, 3.8) is 0 Å². The van der Waals surface area contributed by atoms with Crippen molar-refractivity contribution in [2.45, 2.75) is 18.4 Å². The average Bonchev–Trinajstić information content (AvgIpc) is 3.05. The van der Waals surface area contributed by atoms with Gasteiger partial charge in [0.15, 0.2) is 0 Å². The second kappa shape index (κ2) is 6.18. The number of rotatable bonds is 4. The van der Waals surface area contributed by atoms with E-state index in [2.05, 4.69) is 10.3 Å². The third kappa shape index (κ3) is 3.07. The van der Waals surface area contributed by atoms with Crippen LogP contribution in [0, 0.1) is 0 Å². The lowest BCUT2D eigenvalue weighted by Gasteiger charge is -2.18. The topological polar surface area (TPSA) is 99.5 Å². The van der Waals surface area contributed by atoms with E-state index in [1.807, 2.05) is 6.07 Å². The van der Waals surface area contributed by atoms with E-state index < -0.39 is 18.0 Å². The first-order valence-electron chi connectivity index (χ1n) is 7.31. The number of aromatic carboxylic acids is 1. The molecule has 3 N–H and O–H groups in total. The molecule has 0 unspecified atom stereocenters. The first-order valence-corrected chi connectivity index (χ1v) is 7.31. The van der Waals surface area contributed by atoms with Gasteiger partial charge in [-0.15, -0.1) is 0 Å². The fourth-order valence-electron chi connectivity index (χ4n) is 3.02. The van der Waals surface area contributed by atoms with Crippen molar-refractivity contribution in [3.8, 4) is 11.1 Å². The first-order chi connectivity index (χ1) is 11.1. The van der Waals surface area contributed by atoms with E-state index in [0.717, 1.165) is 16.7 Å². The predicted octanol–water partition coefficient (Wildman–Crippen LogP) is 1.98. The maximum Gasteiger partial charge on any atom is 0.335 e. The van der Waals surface area contributed by atoms with Crippen molar-refractivity contribution < 1.29 is 19.8 Å². The van der Waals surface area contributed by atoms with Crippen LogP contribution in [0.3, 0.4) is 0 Å². The van der Waals surface area contributed by atoms with Crippen LogP contribution in [0.15, 0.2) is 42.7 Å². The minimum Gasteiger partial charge on any atom is -0.480 e. The normalized spacial score (nSPS) is 20.3. The zero-order chi connectivity index (χ0) is 16.4. The Balaban J connectivity index is 2.08. The Bertz CT molecular complexity index is 746. The minimum absolute atomic E-state index is 0.158. The maximum absolute atomic E-state index is 11.4. The van der Waals surface area contributed by atoms with E-state index in [9.17, 15) is 19.8 Å². The molecular formula is C17H16N2O4. The highest BCUT2D eigenvalue weighted by Crippen LogP contribution is 2.32. The molecule has 0 radical (unpaired) electrons. The van der Waals surface area contributed by atoms with Gasteiger partial charge in [-0.1, -0.05) is 6.07 Å². The van der Waals surface area contributed by atoms with Crippen molar-refractivity contribution in [2.75, 3.05) is 6.54 Å². The second-order valence-electron chi connectivity index (χ2n) is 5.55. The van der Waals surface area contributed by atoms with Crippen molar-refractivity contribution >= 4 is 11.9 Å². The average molecular weight is 312 g/mol. The van der Waals surface area contributed by atoms with Crippen LogP contribution in [0.2, 0.25) is 0 Å². The molecule has 1 aliphatic rings. The number of carboxylic acid groups (broad SMARTS) is 2. The Hall–Kier alpha value is -2.73. The summed E-state index contributed by atoms with van der Waals surface area (Å²) < 4.78 is 0. The van der Waals surface area contributed by atoms with Crippen molar-refractivity contribution in [1.29, 1.82) is 0 Å². The molecule has 1 fully saturated rings. The van der Waals surface area contributed by atoms with Gasteiger partial charge in [-0.3, -0.25) is 9.78 Å². The number of benzene rings is 1. The minimum atomic E-state index is -1.03. The Morgan fingerprint density at radius 1 is 1.09 bits per heavy atom. The molecule has 6 heteroatoms. The van der Waals surface area contributed by atoms with Gasteiger partial charge in [0.05, 0.1) is 5.56 Å². The number of aliphatic carboxylic acids is 1. The first kappa shape index (κ1) is 15.2. The summed E-state index contributed by atoms with van der Waals surface area (Å²) in [5, 5.41) is 21.6. The summed E-state index contributed by atoms with van der Waals surface area (Å²) in [6.45, 7) is 0.601. The number of hydrogen-bond acceptors (Lipinski definition) is 4. The zero-order valence-corrected chi connectivity index (χ0v) is 12.3. The Labute approximate surface area is 132 Å². The zero-order valence-electron chi connectivity index (χ0n) is 12.3. The van der Waals surface area contributed by atoms with Gasteiger partial charge in [0, 0.05) is 18.3 Å². The molecule has 0 aliphatic carbocycles. The van der Waals surface area contributed by atoms with E-state index in [1.165, 1.54) is 0 Å².